The van der Waals surface area contributed by atoms with Crippen LogP contribution in [0.2, 0.25) is 0 Å². The van der Waals surface area contributed by atoms with E-state index in [1.165, 1.54) is 13.2 Å². The minimum Gasteiger partial charge on any atom is -0.508 e. The van der Waals surface area contributed by atoms with Gasteiger partial charge in [0, 0.05) is 41.9 Å². The number of ether oxygens (including phenoxy) is 1. The lowest BCUT2D eigenvalue weighted by molar-refractivity contribution is -0.120. The molecule has 2 atom stereocenters. The van der Waals surface area contributed by atoms with Crippen molar-refractivity contribution in [3.05, 3.63) is 53.1 Å². The summed E-state index contributed by atoms with van der Waals surface area (Å²) in [5, 5.41) is 17.1. The van der Waals surface area contributed by atoms with E-state index in [4.69, 9.17) is 4.74 Å². The minimum atomic E-state index is -1.17. The number of hydrogen-bond donors (Lipinski definition) is 4. The molecule has 1 aliphatic heterocycles. The molecule has 9 heteroatoms. The smallest absolute Gasteiger partial charge is 0.319 e. The van der Waals surface area contributed by atoms with Crippen molar-refractivity contribution in [2.75, 3.05) is 19.0 Å². The van der Waals surface area contributed by atoms with Gasteiger partial charge in [-0.25, -0.2) is 13.6 Å². The normalized spacial score (nSPS) is 18.5. The highest BCUT2D eigenvalue weighted by Crippen LogP contribution is 2.31. The Bertz CT molecular complexity index is 912. The highest BCUT2D eigenvalue weighted by Gasteiger charge is 2.40. The lowest BCUT2D eigenvalue weighted by Gasteiger charge is -2.20. The van der Waals surface area contributed by atoms with Gasteiger partial charge in [-0.05, 0) is 18.6 Å². The van der Waals surface area contributed by atoms with E-state index in [-0.39, 0.29) is 23.6 Å². The van der Waals surface area contributed by atoms with Crippen LogP contribution in [-0.4, -0.2) is 36.7 Å². The molecule has 1 aliphatic rings. The lowest BCUT2D eigenvalue weighted by atomic mass is 9.93. The van der Waals surface area contributed by atoms with E-state index < -0.39 is 35.5 Å². The molecule has 1 heterocycles. The first-order valence-corrected chi connectivity index (χ1v) is 8.48. The van der Waals surface area contributed by atoms with Gasteiger partial charge in [0.05, 0.1) is 7.11 Å². The zero-order valence-electron chi connectivity index (χ0n) is 15.2. The first-order valence-electron chi connectivity index (χ1n) is 8.48. The molecule has 7 nitrogen and oxygen atoms in total. The van der Waals surface area contributed by atoms with Crippen molar-refractivity contribution >= 4 is 17.6 Å². The van der Waals surface area contributed by atoms with Crippen LogP contribution in [-0.2, 0) is 4.79 Å². The van der Waals surface area contributed by atoms with Gasteiger partial charge < -0.3 is 25.8 Å². The molecule has 1 saturated heterocycles. The first kappa shape index (κ1) is 19.4. The van der Waals surface area contributed by atoms with E-state index >= 15 is 0 Å². The van der Waals surface area contributed by atoms with Crippen molar-refractivity contribution in [3.8, 4) is 11.5 Å². The van der Waals surface area contributed by atoms with Crippen LogP contribution in [0, 0.1) is 18.6 Å². The van der Waals surface area contributed by atoms with E-state index in [9.17, 15) is 23.5 Å². The number of urea groups is 1. The number of phenolic OH excluding ortho intramolecular Hbond substituents is 1. The number of nitrogens with one attached hydrogen (secondary N) is 3. The molecule has 1 unspecified atom stereocenters. The van der Waals surface area contributed by atoms with Crippen molar-refractivity contribution < 1.29 is 28.2 Å². The lowest BCUT2D eigenvalue weighted by Crippen LogP contribution is -2.45. The molecule has 148 valence electrons. The first-order chi connectivity index (χ1) is 13.3. The van der Waals surface area contributed by atoms with Crippen LogP contribution in [0.15, 0.2) is 30.3 Å². The number of anilines is 1. The molecule has 2 aromatic carbocycles. The summed E-state index contributed by atoms with van der Waals surface area (Å²) in [7, 11) is 1.28. The van der Waals surface area contributed by atoms with Gasteiger partial charge in [-0.3, -0.25) is 4.79 Å². The van der Waals surface area contributed by atoms with E-state index in [1.54, 1.807) is 19.1 Å². The third kappa shape index (κ3) is 3.83. The molecule has 1 fully saturated rings. The quantitative estimate of drug-likeness (QED) is 0.643. The maximum Gasteiger partial charge on any atom is 0.319 e. The molecule has 0 saturated carbocycles. The van der Waals surface area contributed by atoms with Crippen molar-refractivity contribution in [2.45, 2.75) is 18.9 Å². The van der Waals surface area contributed by atoms with Crippen molar-refractivity contribution in [1.29, 1.82) is 0 Å². The van der Waals surface area contributed by atoms with Gasteiger partial charge >= 0.3 is 6.03 Å². The number of carbonyl (C=O) groups excluding carboxylic acids is 2. The highest BCUT2D eigenvalue weighted by atomic mass is 19.1. The summed E-state index contributed by atoms with van der Waals surface area (Å²) >= 11 is 0. The van der Waals surface area contributed by atoms with Crippen LogP contribution < -0.4 is 20.7 Å². The van der Waals surface area contributed by atoms with Crippen molar-refractivity contribution in [2.24, 2.45) is 0 Å². The Morgan fingerprint density at radius 3 is 2.54 bits per heavy atom. The predicted octanol–water partition coefficient (Wildman–Crippen LogP) is 2.39. The van der Waals surface area contributed by atoms with Crippen molar-refractivity contribution in [3.63, 3.8) is 0 Å². The number of rotatable bonds is 4. The largest absolute Gasteiger partial charge is 0.508 e. The fraction of sp³-hybridized carbons (Fsp3) is 0.263. The second kappa shape index (κ2) is 7.71. The zero-order chi connectivity index (χ0) is 20.4. The third-order valence-electron chi connectivity index (χ3n) is 4.59. The fourth-order valence-electron chi connectivity index (χ4n) is 3.08. The number of amides is 3. The van der Waals surface area contributed by atoms with Crippen LogP contribution >= 0.6 is 0 Å². The highest BCUT2D eigenvalue weighted by molar-refractivity contribution is 5.95. The number of benzene rings is 2. The van der Waals surface area contributed by atoms with Crippen LogP contribution in [0.25, 0.3) is 0 Å². The van der Waals surface area contributed by atoms with Gasteiger partial charge in [0.1, 0.15) is 29.2 Å². The van der Waals surface area contributed by atoms with E-state index in [0.29, 0.717) is 11.3 Å². The molecule has 2 aromatic rings. The van der Waals surface area contributed by atoms with E-state index in [2.05, 4.69) is 16.0 Å². The standard InChI is InChI=1S/C19H19F2N3O4/c1-9-3-4-10(5-15(9)25)23-19(27)24-17-12(8-22-18(17)26)16-13(20)6-11(28-2)7-14(16)21/h3-7,12,17,25H,8H2,1-2H3,(H,22,26)(H2,23,24,27)/t12-,17?/m0/s1. The summed E-state index contributed by atoms with van der Waals surface area (Å²) in [5.74, 6) is -3.21. The van der Waals surface area contributed by atoms with Gasteiger partial charge in [-0.1, -0.05) is 6.07 Å². The molecule has 0 bridgehead atoms. The monoisotopic (exact) mass is 391 g/mol. The fourth-order valence-corrected chi connectivity index (χ4v) is 3.08. The van der Waals surface area contributed by atoms with Crippen LogP contribution in [0.5, 0.6) is 11.5 Å². The van der Waals surface area contributed by atoms with Gasteiger partial charge in [0.2, 0.25) is 5.91 Å². The summed E-state index contributed by atoms with van der Waals surface area (Å²) in [6, 6.07) is 4.66. The van der Waals surface area contributed by atoms with Crippen LogP contribution in [0.3, 0.4) is 0 Å². The average Bonchev–Trinajstić information content (AvgIpc) is 2.98. The molecule has 0 aromatic heterocycles. The minimum absolute atomic E-state index is 0.00309. The molecule has 0 aliphatic carbocycles. The van der Waals surface area contributed by atoms with Gasteiger partial charge in [-0.15, -0.1) is 0 Å². The molecular formula is C19H19F2N3O4. The SMILES string of the molecule is COc1cc(F)c([C@@H]2CNC(=O)C2NC(=O)Nc2ccc(C)c(O)c2)c(F)c1. The Labute approximate surface area is 159 Å². The summed E-state index contributed by atoms with van der Waals surface area (Å²) in [4.78, 5) is 24.4. The Balaban J connectivity index is 1.79. The summed E-state index contributed by atoms with van der Waals surface area (Å²) in [6.07, 6.45) is 0. The maximum absolute atomic E-state index is 14.4. The number of hydrogen-bond acceptors (Lipinski definition) is 4. The zero-order valence-corrected chi connectivity index (χ0v) is 15.2. The average molecular weight is 391 g/mol. The second-order valence-electron chi connectivity index (χ2n) is 6.43. The predicted molar refractivity (Wildman–Crippen MR) is 97.4 cm³/mol. The van der Waals surface area contributed by atoms with E-state index in [1.807, 2.05) is 0 Å². The Morgan fingerprint density at radius 1 is 1.25 bits per heavy atom. The molecule has 0 radical (unpaired) electrons. The van der Waals surface area contributed by atoms with Crippen LogP contribution in [0.4, 0.5) is 19.3 Å². The summed E-state index contributed by atoms with van der Waals surface area (Å²) in [6.45, 7) is 1.67. The third-order valence-corrected chi connectivity index (χ3v) is 4.59. The molecular weight excluding hydrogens is 372 g/mol. The van der Waals surface area contributed by atoms with Crippen LogP contribution in [0.1, 0.15) is 17.0 Å². The molecule has 3 rings (SSSR count). The van der Waals surface area contributed by atoms with Crippen molar-refractivity contribution in [1.82, 2.24) is 10.6 Å². The maximum atomic E-state index is 14.4. The molecule has 4 N–H and O–H groups in total. The summed E-state index contributed by atoms with van der Waals surface area (Å²) in [5.41, 5.74) is 0.626. The number of phenols is 1. The number of aromatic hydroxyl groups is 1. The van der Waals surface area contributed by atoms with E-state index in [0.717, 1.165) is 12.1 Å². The van der Waals surface area contributed by atoms with Gasteiger partial charge in [0.25, 0.3) is 0 Å². The van der Waals surface area contributed by atoms with Gasteiger partial charge in [-0.2, -0.15) is 0 Å². The topological polar surface area (TPSA) is 99.7 Å². The number of methoxy groups -OCH3 is 1. The number of halogens is 2. The number of carbonyl (C=O) groups is 2. The second-order valence-corrected chi connectivity index (χ2v) is 6.43. The Morgan fingerprint density at radius 2 is 1.93 bits per heavy atom. The molecule has 3 amide bonds. The number of aryl methyl sites for hydroxylation is 1. The molecule has 0 spiro atoms. The Hall–Kier alpha value is -3.36. The summed E-state index contributed by atoms with van der Waals surface area (Å²) < 4.78 is 33.6. The van der Waals surface area contributed by atoms with Gasteiger partial charge in [0.15, 0.2) is 0 Å². The molecule has 28 heavy (non-hydrogen) atoms. The Kier molecular flexibility index (Phi) is 5.34.